The highest BCUT2D eigenvalue weighted by atomic mass is 35.5. The van der Waals surface area contributed by atoms with E-state index in [1.54, 1.807) is 24.0 Å². The largest absolute Gasteiger partial charge is 0.330 e. The molecule has 0 bridgehead atoms. The summed E-state index contributed by atoms with van der Waals surface area (Å²) in [6.07, 6.45) is 1.95. The number of aromatic nitrogens is 1. The third-order valence-corrected chi connectivity index (χ3v) is 5.91. The zero-order valence-corrected chi connectivity index (χ0v) is 19.0. The van der Waals surface area contributed by atoms with Crippen LogP contribution in [0.2, 0.25) is 0 Å². The van der Waals surface area contributed by atoms with Crippen molar-refractivity contribution in [1.29, 1.82) is 0 Å². The van der Waals surface area contributed by atoms with Crippen LogP contribution in [0.1, 0.15) is 38.1 Å². The molecule has 4 rings (SSSR count). The first kappa shape index (κ1) is 22.1. The molecule has 32 heavy (non-hydrogen) atoms. The van der Waals surface area contributed by atoms with Crippen LogP contribution in [0.3, 0.4) is 0 Å². The lowest BCUT2D eigenvalue weighted by atomic mass is 9.97. The van der Waals surface area contributed by atoms with E-state index in [0.29, 0.717) is 0 Å². The molecule has 0 radical (unpaired) electrons. The highest BCUT2D eigenvalue weighted by Gasteiger charge is 2.37. The number of hydrogen-bond donors (Lipinski definition) is 0. The van der Waals surface area contributed by atoms with Crippen LogP contribution in [-0.2, 0) is 9.59 Å². The van der Waals surface area contributed by atoms with E-state index in [1.165, 1.54) is 17.0 Å². The number of anilines is 1. The smallest absolute Gasteiger partial charge is 0.247 e. The third kappa shape index (κ3) is 3.91. The van der Waals surface area contributed by atoms with Crippen LogP contribution in [0.25, 0.3) is 5.69 Å². The number of alkyl halides is 1. The van der Waals surface area contributed by atoms with E-state index in [9.17, 15) is 14.0 Å². The van der Waals surface area contributed by atoms with Gasteiger partial charge in [-0.2, -0.15) is 0 Å². The van der Waals surface area contributed by atoms with Crippen molar-refractivity contribution < 1.29 is 14.0 Å². The summed E-state index contributed by atoms with van der Waals surface area (Å²) in [6, 6.07) is 17.0. The monoisotopic (exact) mass is 453 g/mol. The van der Waals surface area contributed by atoms with Crippen molar-refractivity contribution in [2.45, 2.75) is 38.2 Å². The topological polar surface area (TPSA) is 45.6 Å². The van der Waals surface area contributed by atoms with Gasteiger partial charge in [0.05, 0.1) is 17.1 Å². The third-order valence-electron chi connectivity index (χ3n) is 5.73. The first-order valence-corrected chi connectivity index (χ1v) is 11.0. The fraction of sp³-hybridized carbons (Fsp3) is 0.280. The summed E-state index contributed by atoms with van der Waals surface area (Å²) in [6.45, 7) is 5.21. The number of carbonyl (C=O) groups excluding carboxylic acids is 2. The molecule has 0 spiro atoms. The molecule has 2 heterocycles. The fourth-order valence-corrected chi connectivity index (χ4v) is 4.31. The molecule has 166 valence electrons. The Morgan fingerprint density at radius 1 is 1.00 bits per heavy atom. The zero-order chi connectivity index (χ0) is 23.0. The van der Waals surface area contributed by atoms with E-state index in [2.05, 4.69) is 0 Å². The summed E-state index contributed by atoms with van der Waals surface area (Å²) < 4.78 is 15.7. The van der Waals surface area contributed by atoms with Gasteiger partial charge in [0.15, 0.2) is 0 Å². The summed E-state index contributed by atoms with van der Waals surface area (Å²) in [5.41, 5.74) is 3.26. The lowest BCUT2D eigenvalue weighted by Gasteiger charge is -2.40. The molecule has 3 aromatic rings. The Morgan fingerprint density at radius 3 is 2.28 bits per heavy atom. The molecule has 2 atom stereocenters. The number of benzene rings is 2. The molecule has 5 nitrogen and oxygen atoms in total. The molecule has 1 aliphatic rings. The van der Waals surface area contributed by atoms with Gasteiger partial charge in [-0.05, 0) is 62.7 Å². The number of amides is 2. The van der Waals surface area contributed by atoms with Crippen molar-refractivity contribution in [2.24, 2.45) is 0 Å². The van der Waals surface area contributed by atoms with Crippen molar-refractivity contribution in [1.82, 2.24) is 9.47 Å². The van der Waals surface area contributed by atoms with Crippen molar-refractivity contribution >= 4 is 29.1 Å². The maximum absolute atomic E-state index is 13.8. The van der Waals surface area contributed by atoms with Gasteiger partial charge < -0.3 is 9.47 Å². The minimum Gasteiger partial charge on any atom is -0.330 e. The van der Waals surface area contributed by atoms with Gasteiger partial charge >= 0.3 is 0 Å². The van der Waals surface area contributed by atoms with E-state index in [1.807, 2.05) is 61.0 Å². The maximum atomic E-state index is 13.8. The zero-order valence-electron chi connectivity index (χ0n) is 18.2. The molecular formula is C25H25ClFN3O2. The normalized spacial score (nSPS) is 15.8. The average molecular weight is 454 g/mol. The Hall–Kier alpha value is -3.12. The predicted molar refractivity (Wildman–Crippen MR) is 124 cm³/mol. The van der Waals surface area contributed by atoms with Crippen molar-refractivity contribution in [2.75, 3.05) is 11.4 Å². The molecule has 2 aromatic carbocycles. The molecule has 1 aromatic heterocycles. The minimum atomic E-state index is -0.732. The Labute approximate surface area is 192 Å². The number of fused-ring (bicyclic) bond motifs is 3. The molecular weight excluding hydrogens is 429 g/mol. The van der Waals surface area contributed by atoms with Crippen molar-refractivity contribution in [3.63, 3.8) is 0 Å². The highest BCUT2D eigenvalue weighted by Crippen LogP contribution is 2.42. The van der Waals surface area contributed by atoms with Gasteiger partial charge in [-0.15, -0.1) is 11.6 Å². The number of para-hydroxylation sites is 2. The van der Waals surface area contributed by atoms with Gasteiger partial charge in [-0.1, -0.05) is 24.3 Å². The summed E-state index contributed by atoms with van der Waals surface area (Å²) >= 11 is 6.05. The van der Waals surface area contributed by atoms with Crippen LogP contribution < -0.4 is 4.90 Å². The molecule has 0 fully saturated rings. The molecule has 0 saturated heterocycles. The van der Waals surface area contributed by atoms with Crippen LogP contribution in [0.15, 0.2) is 66.9 Å². The number of halogens is 2. The number of rotatable bonds is 5. The van der Waals surface area contributed by atoms with Gasteiger partial charge in [-0.3, -0.25) is 14.5 Å². The Morgan fingerprint density at radius 2 is 1.66 bits per heavy atom. The van der Waals surface area contributed by atoms with Gasteiger partial charge in [0.2, 0.25) is 11.8 Å². The molecule has 7 heteroatoms. The van der Waals surface area contributed by atoms with Gasteiger partial charge in [0.25, 0.3) is 0 Å². The van der Waals surface area contributed by atoms with E-state index in [4.69, 9.17) is 11.6 Å². The first-order chi connectivity index (χ1) is 15.3. The van der Waals surface area contributed by atoms with Gasteiger partial charge in [0.1, 0.15) is 23.8 Å². The number of nitrogens with zero attached hydrogens (tertiary/aromatic N) is 3. The second kappa shape index (κ2) is 8.79. The summed E-state index contributed by atoms with van der Waals surface area (Å²) in [5.74, 6) is -0.869. The van der Waals surface area contributed by atoms with Gasteiger partial charge in [-0.25, -0.2) is 4.39 Å². The Balaban J connectivity index is 1.82. The summed E-state index contributed by atoms with van der Waals surface area (Å²) in [5, 5.41) is -0.732. The van der Waals surface area contributed by atoms with Crippen LogP contribution in [0, 0.1) is 5.82 Å². The second-order valence-electron chi connectivity index (χ2n) is 8.19. The standard InChI is InChI=1S/C25H25ClFN3O2/c1-16(2)29(25(32)17(3)26)15-23(31)30-21-8-5-4-7-20(21)28-14-6-9-22(28)24(30)18-10-12-19(27)13-11-18/h4-14,16-17,24H,15H2,1-3H3. The molecule has 2 unspecified atom stereocenters. The van der Waals surface area contributed by atoms with E-state index in [0.717, 1.165) is 22.6 Å². The Kier molecular flexibility index (Phi) is 6.07. The van der Waals surface area contributed by atoms with E-state index >= 15 is 0 Å². The summed E-state index contributed by atoms with van der Waals surface area (Å²) in [4.78, 5) is 29.7. The van der Waals surface area contributed by atoms with Crippen LogP contribution in [-0.4, -0.2) is 39.2 Å². The van der Waals surface area contributed by atoms with E-state index < -0.39 is 11.4 Å². The predicted octanol–water partition coefficient (Wildman–Crippen LogP) is 4.92. The lowest BCUT2D eigenvalue weighted by Crippen LogP contribution is -2.50. The van der Waals surface area contributed by atoms with Gasteiger partial charge in [0, 0.05) is 12.2 Å². The summed E-state index contributed by atoms with van der Waals surface area (Å²) in [7, 11) is 0. The number of hydrogen-bond acceptors (Lipinski definition) is 2. The van der Waals surface area contributed by atoms with Crippen LogP contribution in [0.4, 0.5) is 10.1 Å². The highest BCUT2D eigenvalue weighted by molar-refractivity contribution is 6.30. The molecule has 0 aliphatic carbocycles. The van der Waals surface area contributed by atoms with Crippen molar-refractivity contribution in [3.05, 3.63) is 83.9 Å². The molecule has 1 aliphatic heterocycles. The molecule has 0 saturated carbocycles. The fourth-order valence-electron chi connectivity index (χ4n) is 4.19. The quantitative estimate of drug-likeness (QED) is 0.515. The minimum absolute atomic E-state index is 0.111. The SMILES string of the molecule is CC(Cl)C(=O)N(CC(=O)N1c2ccccc2-n2cccc2C1c1ccc(F)cc1)C(C)C. The molecule has 2 amide bonds. The maximum Gasteiger partial charge on any atom is 0.247 e. The Bertz CT molecular complexity index is 1140. The second-order valence-corrected chi connectivity index (χ2v) is 8.84. The number of carbonyl (C=O) groups is 2. The molecule has 0 N–H and O–H groups in total. The van der Waals surface area contributed by atoms with Crippen LogP contribution in [0.5, 0.6) is 0 Å². The van der Waals surface area contributed by atoms with E-state index in [-0.39, 0.29) is 30.2 Å². The first-order valence-electron chi connectivity index (χ1n) is 10.6. The van der Waals surface area contributed by atoms with Crippen LogP contribution >= 0.6 is 11.6 Å². The lowest BCUT2D eigenvalue weighted by molar-refractivity contribution is -0.136. The average Bonchev–Trinajstić information content (AvgIpc) is 3.26. The van der Waals surface area contributed by atoms with Crippen molar-refractivity contribution in [3.8, 4) is 5.69 Å².